The maximum Gasteiger partial charge on any atom is 0.0552 e. The number of rotatable bonds is 0. The summed E-state index contributed by atoms with van der Waals surface area (Å²) in [6.45, 7) is 0. The maximum absolute atomic E-state index is 4.38. The molecule has 0 atom stereocenters. The lowest BCUT2D eigenvalue weighted by Crippen LogP contribution is -2.16. The monoisotopic (exact) mass is 148 g/mol. The number of hydrogen-bond acceptors (Lipinski definition) is 2. The minimum atomic E-state index is 0.0677. The summed E-state index contributed by atoms with van der Waals surface area (Å²) in [6, 6.07) is 0. The Morgan fingerprint density at radius 3 is 1.62 bits per heavy atom. The summed E-state index contributed by atoms with van der Waals surface area (Å²) in [5.74, 6) is 0. The van der Waals surface area contributed by atoms with Gasteiger partial charge in [-0.05, 0) is 12.8 Å². The summed E-state index contributed by atoms with van der Waals surface area (Å²) in [5, 5.41) is 0. The van der Waals surface area contributed by atoms with Crippen molar-refractivity contribution in [3.8, 4) is 0 Å². The molecule has 0 aromatic carbocycles. The second-order valence-corrected chi connectivity index (χ2v) is 4.61. The molecule has 1 saturated carbocycles. The van der Waals surface area contributed by atoms with Gasteiger partial charge in [0, 0.05) is 0 Å². The quantitative estimate of drug-likeness (QED) is 0.383. The SMILES string of the molecule is SC1(S)CCCCC1. The standard InChI is InChI=1S/C6H12S2/c7-6(8)4-2-1-3-5-6/h7-8H,1-5H2. The molecule has 48 valence electrons. The third-order valence-corrected chi connectivity index (χ3v) is 2.55. The van der Waals surface area contributed by atoms with Gasteiger partial charge < -0.3 is 0 Å². The minimum Gasteiger partial charge on any atom is -0.162 e. The Morgan fingerprint density at radius 2 is 1.38 bits per heavy atom. The van der Waals surface area contributed by atoms with Crippen LogP contribution in [0.15, 0.2) is 0 Å². The zero-order valence-corrected chi connectivity index (χ0v) is 6.72. The Bertz CT molecular complexity index is 70.6. The van der Waals surface area contributed by atoms with E-state index < -0.39 is 0 Å². The molecule has 0 radical (unpaired) electrons. The molecule has 0 unspecified atom stereocenters. The molecule has 0 amide bonds. The van der Waals surface area contributed by atoms with Crippen LogP contribution in [-0.2, 0) is 0 Å². The first-order chi connectivity index (χ1) is 3.71. The van der Waals surface area contributed by atoms with Gasteiger partial charge >= 0.3 is 0 Å². The van der Waals surface area contributed by atoms with E-state index in [9.17, 15) is 0 Å². The Morgan fingerprint density at radius 1 is 0.875 bits per heavy atom. The van der Waals surface area contributed by atoms with Crippen LogP contribution in [0, 0.1) is 0 Å². The van der Waals surface area contributed by atoms with E-state index in [1.807, 2.05) is 0 Å². The predicted octanol–water partition coefficient (Wildman–Crippen LogP) is 2.51. The van der Waals surface area contributed by atoms with Crippen molar-refractivity contribution < 1.29 is 0 Å². The molecule has 1 aliphatic carbocycles. The highest BCUT2D eigenvalue weighted by Crippen LogP contribution is 2.36. The first-order valence-electron chi connectivity index (χ1n) is 3.15. The zero-order chi connectivity index (χ0) is 6.04. The molecule has 0 nitrogen and oxygen atoms in total. The van der Waals surface area contributed by atoms with Crippen LogP contribution < -0.4 is 0 Å². The van der Waals surface area contributed by atoms with Crippen molar-refractivity contribution >= 4 is 25.3 Å². The summed E-state index contributed by atoms with van der Waals surface area (Å²) in [5.41, 5.74) is 0. The fourth-order valence-electron chi connectivity index (χ4n) is 1.12. The van der Waals surface area contributed by atoms with Gasteiger partial charge in [0.25, 0.3) is 0 Å². The fraction of sp³-hybridized carbons (Fsp3) is 1.00. The molecule has 0 saturated heterocycles. The second kappa shape index (κ2) is 2.53. The van der Waals surface area contributed by atoms with Crippen molar-refractivity contribution in [1.29, 1.82) is 0 Å². The van der Waals surface area contributed by atoms with Crippen LogP contribution in [0.3, 0.4) is 0 Å². The molecule has 0 aliphatic heterocycles. The molecule has 8 heavy (non-hydrogen) atoms. The summed E-state index contributed by atoms with van der Waals surface area (Å²) in [7, 11) is 0. The average molecular weight is 148 g/mol. The molecule has 0 spiro atoms. The van der Waals surface area contributed by atoms with Gasteiger partial charge in [-0.1, -0.05) is 19.3 Å². The molecule has 0 bridgehead atoms. The maximum atomic E-state index is 4.38. The van der Waals surface area contributed by atoms with Gasteiger partial charge in [0.05, 0.1) is 4.08 Å². The fourth-order valence-corrected chi connectivity index (χ4v) is 1.75. The van der Waals surface area contributed by atoms with Gasteiger partial charge in [-0.3, -0.25) is 0 Å². The van der Waals surface area contributed by atoms with Crippen LogP contribution in [0.1, 0.15) is 32.1 Å². The summed E-state index contributed by atoms with van der Waals surface area (Å²) < 4.78 is 0.0677. The second-order valence-electron chi connectivity index (χ2n) is 2.54. The molecule has 1 aliphatic rings. The van der Waals surface area contributed by atoms with Gasteiger partial charge in [-0.15, -0.1) is 0 Å². The van der Waals surface area contributed by atoms with Crippen LogP contribution in [0.5, 0.6) is 0 Å². The smallest absolute Gasteiger partial charge is 0.0552 e. The lowest BCUT2D eigenvalue weighted by Gasteiger charge is -2.26. The van der Waals surface area contributed by atoms with Crippen molar-refractivity contribution in [3.05, 3.63) is 0 Å². The van der Waals surface area contributed by atoms with E-state index >= 15 is 0 Å². The van der Waals surface area contributed by atoms with Crippen LogP contribution in [-0.4, -0.2) is 4.08 Å². The first-order valence-corrected chi connectivity index (χ1v) is 4.05. The van der Waals surface area contributed by atoms with Crippen LogP contribution >= 0.6 is 25.3 Å². The normalized spacial score (nSPS) is 27.8. The van der Waals surface area contributed by atoms with Crippen molar-refractivity contribution in [2.75, 3.05) is 0 Å². The Kier molecular flexibility index (Phi) is 2.15. The molecular weight excluding hydrogens is 136 g/mol. The molecule has 2 heteroatoms. The number of hydrogen-bond donors (Lipinski definition) is 2. The molecule has 1 rings (SSSR count). The van der Waals surface area contributed by atoms with Crippen molar-refractivity contribution in [2.45, 2.75) is 36.2 Å². The van der Waals surface area contributed by atoms with Gasteiger partial charge in [-0.2, -0.15) is 25.3 Å². The zero-order valence-electron chi connectivity index (χ0n) is 4.93. The molecular formula is C6H12S2. The summed E-state index contributed by atoms with van der Waals surface area (Å²) in [4.78, 5) is 0. The molecule has 0 N–H and O–H groups in total. The lowest BCUT2D eigenvalue weighted by atomic mass is 10.00. The molecule has 1 fully saturated rings. The van der Waals surface area contributed by atoms with Crippen molar-refractivity contribution in [3.63, 3.8) is 0 Å². The Labute approximate surface area is 61.9 Å². The van der Waals surface area contributed by atoms with Gasteiger partial charge in [0.2, 0.25) is 0 Å². The van der Waals surface area contributed by atoms with Crippen LogP contribution in [0.25, 0.3) is 0 Å². The van der Waals surface area contributed by atoms with Gasteiger partial charge in [0.15, 0.2) is 0 Å². The van der Waals surface area contributed by atoms with Crippen LogP contribution in [0.4, 0.5) is 0 Å². The molecule has 0 aromatic rings. The Balaban J connectivity index is 2.33. The van der Waals surface area contributed by atoms with Gasteiger partial charge in [0.1, 0.15) is 0 Å². The van der Waals surface area contributed by atoms with E-state index in [-0.39, 0.29) is 4.08 Å². The molecule has 0 heterocycles. The van der Waals surface area contributed by atoms with Gasteiger partial charge in [-0.25, -0.2) is 0 Å². The van der Waals surface area contributed by atoms with E-state index in [1.54, 1.807) is 0 Å². The highest BCUT2D eigenvalue weighted by atomic mass is 32.2. The average Bonchev–Trinajstić information content (AvgIpc) is 1.65. The predicted molar refractivity (Wildman–Crippen MR) is 43.8 cm³/mol. The lowest BCUT2D eigenvalue weighted by molar-refractivity contribution is 0.495. The van der Waals surface area contributed by atoms with Crippen molar-refractivity contribution in [2.24, 2.45) is 0 Å². The largest absolute Gasteiger partial charge is 0.162 e. The summed E-state index contributed by atoms with van der Waals surface area (Å²) in [6.07, 6.45) is 6.36. The van der Waals surface area contributed by atoms with Crippen molar-refractivity contribution in [1.82, 2.24) is 0 Å². The van der Waals surface area contributed by atoms with E-state index in [4.69, 9.17) is 0 Å². The topological polar surface area (TPSA) is 0 Å². The van der Waals surface area contributed by atoms with E-state index in [2.05, 4.69) is 25.3 Å². The summed E-state index contributed by atoms with van der Waals surface area (Å²) >= 11 is 8.76. The van der Waals surface area contributed by atoms with E-state index in [1.165, 1.54) is 32.1 Å². The third-order valence-electron chi connectivity index (χ3n) is 1.65. The Hall–Kier alpha value is 0.700. The molecule has 0 aromatic heterocycles. The number of thiol groups is 2. The van der Waals surface area contributed by atoms with E-state index in [0.29, 0.717) is 0 Å². The minimum absolute atomic E-state index is 0.0677. The highest BCUT2D eigenvalue weighted by molar-refractivity contribution is 8.00. The van der Waals surface area contributed by atoms with Crippen LogP contribution in [0.2, 0.25) is 0 Å². The van der Waals surface area contributed by atoms with E-state index in [0.717, 1.165) is 0 Å². The third kappa shape index (κ3) is 1.90. The first kappa shape index (κ1) is 6.81. The highest BCUT2D eigenvalue weighted by Gasteiger charge is 2.22.